The van der Waals surface area contributed by atoms with Gasteiger partial charge in [0.25, 0.3) is 5.56 Å². The van der Waals surface area contributed by atoms with Gasteiger partial charge in [0.2, 0.25) is 0 Å². The van der Waals surface area contributed by atoms with Crippen LogP contribution in [0.25, 0.3) is 5.65 Å². The Hall–Kier alpha value is -2.80. The molecule has 2 atom stereocenters. The van der Waals surface area contributed by atoms with Crippen molar-refractivity contribution in [2.45, 2.75) is 18.6 Å². The summed E-state index contributed by atoms with van der Waals surface area (Å²) in [5, 5.41) is 10.1. The largest absolute Gasteiger partial charge is 0.391 e. The molecule has 0 saturated carbocycles. The van der Waals surface area contributed by atoms with Crippen molar-refractivity contribution in [3.05, 3.63) is 76.2 Å². The van der Waals surface area contributed by atoms with Crippen molar-refractivity contribution in [1.82, 2.24) is 9.38 Å². The van der Waals surface area contributed by atoms with Crippen molar-refractivity contribution in [2.24, 2.45) is 0 Å². The number of β-amino-alcohol motifs (C(OH)–C–C–N with tert-alkyl or cyclic N) is 1. The number of aliphatic hydroxyl groups excluding tert-OH is 1. The van der Waals surface area contributed by atoms with Crippen LogP contribution in [-0.4, -0.2) is 27.1 Å². The predicted molar refractivity (Wildman–Crippen MR) is 88.5 cm³/mol. The minimum absolute atomic E-state index is 0.244. The molecule has 0 radical (unpaired) electrons. The zero-order valence-electron chi connectivity index (χ0n) is 13.1. The van der Waals surface area contributed by atoms with E-state index in [0.29, 0.717) is 23.4 Å². The number of aliphatic hydroxyl groups is 1. The normalized spacial score (nSPS) is 20.4. The Bertz CT molecular complexity index is 1010. The number of anilines is 1. The Balaban J connectivity index is 1.79. The third-order valence-electron chi connectivity index (χ3n) is 4.46. The van der Waals surface area contributed by atoms with Gasteiger partial charge in [-0.2, -0.15) is 0 Å². The van der Waals surface area contributed by atoms with Crippen LogP contribution < -0.4 is 10.5 Å². The molecule has 3 heterocycles. The number of rotatable bonds is 2. The molecule has 0 unspecified atom stereocenters. The zero-order valence-corrected chi connectivity index (χ0v) is 13.1. The first-order valence-corrected chi connectivity index (χ1v) is 7.91. The number of fused-ring (bicyclic) bond motifs is 1. The van der Waals surface area contributed by atoms with E-state index in [1.165, 1.54) is 16.5 Å². The van der Waals surface area contributed by atoms with E-state index in [-0.39, 0.29) is 18.1 Å². The van der Waals surface area contributed by atoms with Crippen LogP contribution >= 0.6 is 0 Å². The van der Waals surface area contributed by atoms with Crippen LogP contribution in [-0.2, 0) is 0 Å². The minimum atomic E-state index is -0.939. The lowest BCUT2D eigenvalue weighted by molar-refractivity contribution is 0.194. The highest BCUT2D eigenvalue weighted by molar-refractivity contribution is 5.51. The second-order valence-corrected chi connectivity index (χ2v) is 6.11. The van der Waals surface area contributed by atoms with Crippen LogP contribution in [0.3, 0.4) is 0 Å². The van der Waals surface area contributed by atoms with E-state index < -0.39 is 17.7 Å². The summed E-state index contributed by atoms with van der Waals surface area (Å²) in [5.41, 5.74) is 0.770. The highest BCUT2D eigenvalue weighted by atomic mass is 19.2. The lowest BCUT2D eigenvalue weighted by Crippen LogP contribution is -2.27. The van der Waals surface area contributed by atoms with Gasteiger partial charge < -0.3 is 10.0 Å². The molecule has 0 amide bonds. The highest BCUT2D eigenvalue weighted by Gasteiger charge is 2.33. The molecular formula is C18H15F2N3O2. The maximum absolute atomic E-state index is 13.6. The highest BCUT2D eigenvalue weighted by Crippen LogP contribution is 2.35. The SMILES string of the molecule is O=c1cc(N2C[C@@H](O)C[C@H]2c2ccc(F)c(F)c2)nc2ccccn12. The molecule has 0 aliphatic carbocycles. The number of aromatic nitrogens is 2. The molecule has 0 bridgehead atoms. The number of hydrogen-bond acceptors (Lipinski definition) is 4. The maximum atomic E-state index is 13.6. The van der Waals surface area contributed by atoms with Gasteiger partial charge in [-0.1, -0.05) is 12.1 Å². The quantitative estimate of drug-likeness (QED) is 0.776. The van der Waals surface area contributed by atoms with Gasteiger partial charge in [-0.25, -0.2) is 13.8 Å². The van der Waals surface area contributed by atoms with E-state index in [4.69, 9.17) is 0 Å². The molecular weight excluding hydrogens is 328 g/mol. The molecule has 3 aromatic rings. The first kappa shape index (κ1) is 15.7. The van der Waals surface area contributed by atoms with Gasteiger partial charge in [-0.05, 0) is 36.2 Å². The Morgan fingerprint density at radius 1 is 1.12 bits per heavy atom. The van der Waals surface area contributed by atoms with E-state index in [0.717, 1.165) is 12.1 Å². The zero-order chi connectivity index (χ0) is 17.6. The smallest absolute Gasteiger partial charge is 0.259 e. The van der Waals surface area contributed by atoms with Crippen molar-refractivity contribution < 1.29 is 13.9 Å². The Kier molecular flexibility index (Phi) is 3.73. The van der Waals surface area contributed by atoms with Crippen LogP contribution in [0, 0.1) is 11.6 Å². The molecule has 7 heteroatoms. The third-order valence-corrected chi connectivity index (χ3v) is 4.46. The summed E-state index contributed by atoms with van der Waals surface area (Å²) in [4.78, 5) is 18.5. The second-order valence-electron chi connectivity index (χ2n) is 6.11. The topological polar surface area (TPSA) is 57.8 Å². The van der Waals surface area contributed by atoms with E-state index >= 15 is 0 Å². The van der Waals surface area contributed by atoms with Gasteiger partial charge in [-0.15, -0.1) is 0 Å². The molecule has 2 aromatic heterocycles. The fraction of sp³-hybridized carbons (Fsp3) is 0.222. The fourth-order valence-electron chi connectivity index (χ4n) is 3.29. The van der Waals surface area contributed by atoms with Crippen molar-refractivity contribution in [1.29, 1.82) is 0 Å². The van der Waals surface area contributed by atoms with Gasteiger partial charge in [0.1, 0.15) is 11.5 Å². The van der Waals surface area contributed by atoms with Crippen molar-refractivity contribution in [3.8, 4) is 0 Å². The first-order chi connectivity index (χ1) is 12.0. The monoisotopic (exact) mass is 343 g/mol. The van der Waals surface area contributed by atoms with Gasteiger partial charge in [-0.3, -0.25) is 9.20 Å². The summed E-state index contributed by atoms with van der Waals surface area (Å²) in [6.45, 7) is 0.263. The average molecular weight is 343 g/mol. The van der Waals surface area contributed by atoms with Crippen LogP contribution in [0.1, 0.15) is 18.0 Å². The van der Waals surface area contributed by atoms with Gasteiger partial charge in [0.15, 0.2) is 11.6 Å². The lowest BCUT2D eigenvalue weighted by Gasteiger charge is -2.26. The van der Waals surface area contributed by atoms with Gasteiger partial charge in [0, 0.05) is 18.8 Å². The van der Waals surface area contributed by atoms with E-state index in [1.54, 1.807) is 29.3 Å². The molecule has 1 aromatic carbocycles. The summed E-state index contributed by atoms with van der Waals surface area (Å²) in [6, 6.07) is 9.90. The summed E-state index contributed by atoms with van der Waals surface area (Å²) in [6.07, 6.45) is 1.33. The molecule has 128 valence electrons. The Morgan fingerprint density at radius 3 is 2.76 bits per heavy atom. The number of nitrogens with zero attached hydrogens (tertiary/aromatic N) is 3. The molecule has 0 spiro atoms. The first-order valence-electron chi connectivity index (χ1n) is 7.91. The summed E-state index contributed by atoms with van der Waals surface area (Å²) >= 11 is 0. The van der Waals surface area contributed by atoms with Crippen molar-refractivity contribution >= 4 is 11.5 Å². The number of hydrogen-bond donors (Lipinski definition) is 1. The third kappa shape index (κ3) is 2.76. The van der Waals surface area contributed by atoms with Crippen LogP contribution in [0.4, 0.5) is 14.6 Å². The summed E-state index contributed by atoms with van der Waals surface area (Å²) in [7, 11) is 0. The standard InChI is InChI=1S/C18H15F2N3O2/c19-13-5-4-11(7-14(13)20)15-8-12(24)10-23(15)17-9-18(25)22-6-2-1-3-16(22)21-17/h1-7,9,12,15,24H,8,10H2/t12-,15-/m0/s1. The fourth-order valence-corrected chi connectivity index (χ4v) is 3.29. The molecule has 1 aliphatic heterocycles. The minimum Gasteiger partial charge on any atom is -0.391 e. The summed E-state index contributed by atoms with van der Waals surface area (Å²) < 4.78 is 28.2. The van der Waals surface area contributed by atoms with Gasteiger partial charge >= 0.3 is 0 Å². The van der Waals surface area contributed by atoms with Crippen LogP contribution in [0.15, 0.2) is 53.5 Å². The van der Waals surface area contributed by atoms with Crippen molar-refractivity contribution in [3.63, 3.8) is 0 Å². The second kappa shape index (κ2) is 5.93. The maximum Gasteiger partial charge on any atom is 0.259 e. The molecule has 5 nitrogen and oxygen atoms in total. The van der Waals surface area contributed by atoms with Crippen LogP contribution in [0.5, 0.6) is 0 Å². The average Bonchev–Trinajstić information content (AvgIpc) is 2.99. The van der Waals surface area contributed by atoms with E-state index in [9.17, 15) is 18.7 Å². The summed E-state index contributed by atoms with van der Waals surface area (Å²) in [5.74, 6) is -1.45. The van der Waals surface area contributed by atoms with Crippen LogP contribution in [0.2, 0.25) is 0 Å². The molecule has 1 saturated heterocycles. The molecule has 1 N–H and O–H groups in total. The Labute approximate surface area is 141 Å². The number of halogens is 2. The van der Waals surface area contributed by atoms with E-state index in [1.807, 2.05) is 0 Å². The number of benzene rings is 1. The molecule has 25 heavy (non-hydrogen) atoms. The lowest BCUT2D eigenvalue weighted by atomic mass is 10.0. The molecule has 1 aliphatic rings. The van der Waals surface area contributed by atoms with Gasteiger partial charge in [0.05, 0.1) is 12.1 Å². The Morgan fingerprint density at radius 2 is 1.96 bits per heavy atom. The molecule has 1 fully saturated rings. The van der Waals surface area contributed by atoms with Crippen molar-refractivity contribution in [2.75, 3.05) is 11.4 Å². The molecule has 4 rings (SSSR count). The predicted octanol–water partition coefficient (Wildman–Crippen LogP) is 2.29. The number of pyridine rings is 1. The van der Waals surface area contributed by atoms with E-state index in [2.05, 4.69) is 4.98 Å².